The molecule has 0 radical (unpaired) electrons. The molecule has 13 heavy (non-hydrogen) atoms. The summed E-state index contributed by atoms with van der Waals surface area (Å²) < 4.78 is 26.0. The van der Waals surface area contributed by atoms with E-state index in [1.54, 1.807) is 0 Å². The Morgan fingerprint density at radius 2 is 2.08 bits per heavy atom. The molecule has 70 valence electrons. The molecule has 0 fully saturated rings. The Morgan fingerprint density at radius 1 is 1.46 bits per heavy atom. The Kier molecular flexibility index (Phi) is 2.98. The average molecular weight is 251 g/mol. The van der Waals surface area contributed by atoms with E-state index in [0.717, 1.165) is 6.07 Å². The van der Waals surface area contributed by atoms with Gasteiger partial charge in [-0.1, -0.05) is 0 Å². The highest BCUT2D eigenvalue weighted by molar-refractivity contribution is 9.10. The summed E-state index contributed by atoms with van der Waals surface area (Å²) in [4.78, 5) is 10.2. The van der Waals surface area contributed by atoms with Gasteiger partial charge in [-0.3, -0.25) is 4.79 Å². The zero-order valence-corrected chi connectivity index (χ0v) is 7.94. The van der Waals surface area contributed by atoms with Gasteiger partial charge in [0.15, 0.2) is 0 Å². The van der Waals surface area contributed by atoms with Gasteiger partial charge in [0.2, 0.25) is 0 Å². The number of rotatable bonds is 2. The summed E-state index contributed by atoms with van der Waals surface area (Å²) in [6.45, 7) is 0. The Balaban J connectivity index is 3.17. The number of hydrogen-bond acceptors (Lipinski definition) is 1. The van der Waals surface area contributed by atoms with E-state index in [1.807, 2.05) is 0 Å². The molecule has 0 spiro atoms. The second-order valence-corrected chi connectivity index (χ2v) is 3.25. The van der Waals surface area contributed by atoms with E-state index in [1.165, 1.54) is 6.07 Å². The Labute approximate surface area is 81.3 Å². The predicted molar refractivity (Wildman–Crippen MR) is 45.4 cm³/mol. The summed E-state index contributed by atoms with van der Waals surface area (Å²) in [6, 6.07) is 2.21. The lowest BCUT2D eigenvalue weighted by atomic mass is 10.1. The van der Waals surface area contributed by atoms with Crippen LogP contribution in [0.4, 0.5) is 8.78 Å². The fourth-order valence-corrected chi connectivity index (χ4v) is 1.25. The first-order valence-corrected chi connectivity index (χ1v) is 4.16. The first kappa shape index (κ1) is 10.1. The summed E-state index contributed by atoms with van der Waals surface area (Å²) in [5.41, 5.74) is -0.429. The smallest absolute Gasteiger partial charge is 0.308 e. The van der Waals surface area contributed by atoms with Crippen LogP contribution >= 0.6 is 15.9 Å². The molecule has 0 unspecified atom stereocenters. The van der Waals surface area contributed by atoms with Crippen LogP contribution in [0.2, 0.25) is 0 Å². The van der Waals surface area contributed by atoms with Gasteiger partial charge in [0, 0.05) is 5.56 Å². The molecule has 2 nitrogen and oxygen atoms in total. The Bertz CT molecular complexity index is 352. The molecule has 0 heterocycles. The average Bonchev–Trinajstić information content (AvgIpc) is 2.05. The monoisotopic (exact) mass is 250 g/mol. The molecule has 0 aliphatic rings. The molecule has 1 aromatic rings. The fourth-order valence-electron chi connectivity index (χ4n) is 0.882. The lowest BCUT2D eigenvalue weighted by Crippen LogP contribution is -2.05. The number of benzene rings is 1. The number of carbonyl (C=O) groups is 1. The zero-order valence-electron chi connectivity index (χ0n) is 6.35. The van der Waals surface area contributed by atoms with Crippen LogP contribution in [0.15, 0.2) is 16.6 Å². The highest BCUT2D eigenvalue weighted by atomic mass is 79.9. The quantitative estimate of drug-likeness (QED) is 0.819. The van der Waals surface area contributed by atoms with Gasteiger partial charge in [0.1, 0.15) is 11.6 Å². The van der Waals surface area contributed by atoms with E-state index >= 15 is 0 Å². The molecule has 0 amide bonds. The van der Waals surface area contributed by atoms with Crippen LogP contribution in [0.5, 0.6) is 0 Å². The van der Waals surface area contributed by atoms with Gasteiger partial charge in [-0.25, -0.2) is 8.78 Å². The fraction of sp³-hybridized carbons (Fsp3) is 0.125. The highest BCUT2D eigenvalue weighted by Crippen LogP contribution is 2.21. The number of halogens is 3. The molecular formula is C8H5BrF2O2. The molecular weight excluding hydrogens is 246 g/mol. The van der Waals surface area contributed by atoms with E-state index in [9.17, 15) is 13.6 Å². The molecule has 0 aliphatic carbocycles. The molecule has 0 saturated carbocycles. The van der Waals surface area contributed by atoms with Crippen molar-refractivity contribution in [1.29, 1.82) is 0 Å². The summed E-state index contributed by atoms with van der Waals surface area (Å²) in [5, 5.41) is 8.36. The van der Waals surface area contributed by atoms with Gasteiger partial charge < -0.3 is 5.11 Å². The van der Waals surface area contributed by atoms with Crippen LogP contribution in [-0.2, 0) is 11.2 Å². The molecule has 0 aromatic heterocycles. The molecule has 0 aliphatic heterocycles. The van der Waals surface area contributed by atoms with E-state index in [4.69, 9.17) is 5.11 Å². The van der Waals surface area contributed by atoms with Crippen LogP contribution in [0.1, 0.15) is 5.56 Å². The summed E-state index contributed by atoms with van der Waals surface area (Å²) in [5.74, 6) is -2.97. The molecule has 1 aromatic carbocycles. The molecule has 1 N–H and O–H groups in total. The number of carboxylic acid groups (broad SMARTS) is 1. The van der Waals surface area contributed by atoms with Gasteiger partial charge in [-0.2, -0.15) is 0 Å². The Morgan fingerprint density at radius 3 is 2.62 bits per heavy atom. The second-order valence-electron chi connectivity index (χ2n) is 2.39. The minimum Gasteiger partial charge on any atom is -0.481 e. The molecule has 1 rings (SSSR count). The lowest BCUT2D eigenvalue weighted by molar-refractivity contribution is -0.136. The lowest BCUT2D eigenvalue weighted by Gasteiger charge is -2.02. The number of carboxylic acids is 1. The van der Waals surface area contributed by atoms with Gasteiger partial charge in [-0.05, 0) is 28.1 Å². The third-order valence-corrected chi connectivity index (χ3v) is 2.08. The van der Waals surface area contributed by atoms with E-state index < -0.39 is 29.6 Å². The predicted octanol–water partition coefficient (Wildman–Crippen LogP) is 2.35. The largest absolute Gasteiger partial charge is 0.481 e. The summed E-state index contributed by atoms with van der Waals surface area (Å²) in [6.07, 6.45) is -0.656. The number of hydrogen-bond donors (Lipinski definition) is 1. The first-order valence-electron chi connectivity index (χ1n) is 3.36. The normalized spacial score (nSPS) is 10.1. The maximum atomic E-state index is 13.1. The van der Waals surface area contributed by atoms with E-state index in [2.05, 4.69) is 15.9 Å². The zero-order chi connectivity index (χ0) is 10.0. The summed E-state index contributed by atoms with van der Waals surface area (Å²) >= 11 is 2.84. The van der Waals surface area contributed by atoms with E-state index in [0.29, 0.717) is 0 Å². The van der Waals surface area contributed by atoms with Crippen molar-refractivity contribution in [3.63, 3.8) is 0 Å². The second kappa shape index (κ2) is 3.83. The van der Waals surface area contributed by atoms with Gasteiger partial charge in [0.05, 0.1) is 10.9 Å². The first-order chi connectivity index (χ1) is 6.02. The summed E-state index contributed by atoms with van der Waals surface area (Å²) in [7, 11) is 0. The van der Waals surface area contributed by atoms with Crippen molar-refractivity contribution in [2.75, 3.05) is 0 Å². The molecule has 5 heteroatoms. The van der Waals surface area contributed by atoms with Crippen molar-refractivity contribution in [3.05, 3.63) is 33.8 Å². The molecule has 0 atom stereocenters. The third kappa shape index (κ3) is 2.24. The maximum Gasteiger partial charge on any atom is 0.308 e. The van der Waals surface area contributed by atoms with Crippen LogP contribution in [0.25, 0.3) is 0 Å². The van der Waals surface area contributed by atoms with Gasteiger partial charge in [0.25, 0.3) is 0 Å². The van der Waals surface area contributed by atoms with Crippen LogP contribution < -0.4 is 0 Å². The van der Waals surface area contributed by atoms with Crippen molar-refractivity contribution in [2.24, 2.45) is 0 Å². The van der Waals surface area contributed by atoms with Crippen molar-refractivity contribution < 1.29 is 18.7 Å². The molecule has 0 saturated heterocycles. The van der Waals surface area contributed by atoms with Crippen molar-refractivity contribution in [1.82, 2.24) is 0 Å². The minimum atomic E-state index is -1.27. The van der Waals surface area contributed by atoms with Crippen LogP contribution in [0, 0.1) is 11.6 Å². The van der Waals surface area contributed by atoms with Crippen LogP contribution in [0.3, 0.4) is 0 Å². The molecule has 0 bridgehead atoms. The van der Waals surface area contributed by atoms with Crippen molar-refractivity contribution >= 4 is 21.9 Å². The van der Waals surface area contributed by atoms with Crippen molar-refractivity contribution in [3.8, 4) is 0 Å². The number of aliphatic carboxylic acids is 1. The van der Waals surface area contributed by atoms with E-state index in [-0.39, 0.29) is 4.47 Å². The van der Waals surface area contributed by atoms with Crippen LogP contribution in [-0.4, -0.2) is 11.1 Å². The van der Waals surface area contributed by atoms with Gasteiger partial charge >= 0.3 is 5.97 Å². The maximum absolute atomic E-state index is 13.1. The third-order valence-electron chi connectivity index (χ3n) is 1.47. The highest BCUT2D eigenvalue weighted by Gasteiger charge is 2.14. The topological polar surface area (TPSA) is 37.3 Å². The SMILES string of the molecule is O=C(O)Cc1c(F)ccc(Br)c1F. The Hall–Kier alpha value is -0.970. The van der Waals surface area contributed by atoms with Crippen molar-refractivity contribution in [2.45, 2.75) is 6.42 Å². The minimum absolute atomic E-state index is 0.0603. The standard InChI is InChI=1S/C8H5BrF2O2/c9-5-1-2-6(10)4(8(5)11)3-7(12)13/h1-2H,3H2,(H,12,13). The van der Waals surface area contributed by atoms with Gasteiger partial charge in [-0.15, -0.1) is 0 Å².